The number of carbonyl (C=O) groups is 2. The third-order valence-electron chi connectivity index (χ3n) is 2.99. The van der Waals surface area contributed by atoms with E-state index in [-0.39, 0.29) is 18.2 Å². The molecule has 0 fully saturated rings. The highest BCUT2D eigenvalue weighted by Gasteiger charge is 2.12. The SMILES string of the molecule is CCCn1cccc1C(=O)NCC(C)CCC(=O)O. The van der Waals surface area contributed by atoms with Gasteiger partial charge in [0.15, 0.2) is 0 Å². The van der Waals surface area contributed by atoms with Gasteiger partial charge in [0.25, 0.3) is 5.91 Å². The van der Waals surface area contributed by atoms with E-state index in [9.17, 15) is 9.59 Å². The van der Waals surface area contributed by atoms with Gasteiger partial charge in [-0.15, -0.1) is 0 Å². The molecule has 5 nitrogen and oxygen atoms in total. The van der Waals surface area contributed by atoms with Crippen molar-refractivity contribution in [2.45, 2.75) is 39.7 Å². The van der Waals surface area contributed by atoms with Gasteiger partial charge in [-0.05, 0) is 30.9 Å². The van der Waals surface area contributed by atoms with E-state index in [0.29, 0.717) is 18.7 Å². The van der Waals surface area contributed by atoms with E-state index in [1.165, 1.54) is 0 Å². The van der Waals surface area contributed by atoms with Gasteiger partial charge in [-0.2, -0.15) is 0 Å². The Hall–Kier alpha value is -1.78. The number of hydrogen-bond donors (Lipinski definition) is 2. The Kier molecular flexibility index (Phi) is 6.12. The molecule has 1 aromatic heterocycles. The number of rotatable bonds is 8. The maximum Gasteiger partial charge on any atom is 0.303 e. The summed E-state index contributed by atoms with van der Waals surface area (Å²) in [6.07, 6.45) is 3.59. The zero-order valence-corrected chi connectivity index (χ0v) is 11.6. The van der Waals surface area contributed by atoms with E-state index in [0.717, 1.165) is 13.0 Å². The van der Waals surface area contributed by atoms with Crippen LogP contribution in [0.2, 0.25) is 0 Å². The number of aryl methyl sites for hydroxylation is 1. The second-order valence-electron chi connectivity index (χ2n) is 4.83. The zero-order chi connectivity index (χ0) is 14.3. The van der Waals surface area contributed by atoms with Crippen LogP contribution in [0.25, 0.3) is 0 Å². The summed E-state index contributed by atoms with van der Waals surface area (Å²) in [6.45, 7) is 5.33. The molecule has 1 heterocycles. The normalized spacial score (nSPS) is 12.1. The summed E-state index contributed by atoms with van der Waals surface area (Å²) in [5, 5.41) is 11.4. The molecule has 0 aliphatic heterocycles. The van der Waals surface area contributed by atoms with E-state index in [2.05, 4.69) is 12.2 Å². The molecular formula is C14H22N2O3. The Morgan fingerprint density at radius 1 is 1.47 bits per heavy atom. The van der Waals surface area contributed by atoms with Crippen molar-refractivity contribution in [3.05, 3.63) is 24.0 Å². The van der Waals surface area contributed by atoms with Crippen molar-refractivity contribution in [2.24, 2.45) is 5.92 Å². The van der Waals surface area contributed by atoms with Gasteiger partial charge in [0.2, 0.25) is 0 Å². The van der Waals surface area contributed by atoms with Gasteiger partial charge < -0.3 is 15.0 Å². The molecule has 0 radical (unpaired) electrons. The van der Waals surface area contributed by atoms with Crippen LogP contribution in [-0.4, -0.2) is 28.1 Å². The summed E-state index contributed by atoms with van der Waals surface area (Å²) in [7, 11) is 0. The fourth-order valence-electron chi connectivity index (χ4n) is 1.89. The lowest BCUT2D eigenvalue weighted by Gasteiger charge is -2.12. The number of aromatic nitrogens is 1. The maximum absolute atomic E-state index is 12.0. The molecule has 106 valence electrons. The molecule has 2 N–H and O–H groups in total. The summed E-state index contributed by atoms with van der Waals surface area (Å²) < 4.78 is 1.93. The summed E-state index contributed by atoms with van der Waals surface area (Å²) in [5.41, 5.74) is 0.660. The van der Waals surface area contributed by atoms with Crippen LogP contribution in [0.5, 0.6) is 0 Å². The highest BCUT2D eigenvalue weighted by molar-refractivity contribution is 5.92. The summed E-state index contributed by atoms with van der Waals surface area (Å²) in [5.74, 6) is -0.731. The van der Waals surface area contributed by atoms with Crippen molar-refractivity contribution in [1.82, 2.24) is 9.88 Å². The first-order valence-electron chi connectivity index (χ1n) is 6.69. The smallest absolute Gasteiger partial charge is 0.303 e. The van der Waals surface area contributed by atoms with Gasteiger partial charge in [0, 0.05) is 25.7 Å². The number of carboxylic acids is 1. The fourth-order valence-corrected chi connectivity index (χ4v) is 1.89. The molecule has 0 saturated heterocycles. The average molecular weight is 266 g/mol. The quantitative estimate of drug-likeness (QED) is 0.757. The van der Waals surface area contributed by atoms with Crippen molar-refractivity contribution < 1.29 is 14.7 Å². The Morgan fingerprint density at radius 3 is 2.84 bits per heavy atom. The number of carbonyl (C=O) groups excluding carboxylic acids is 1. The molecule has 0 aliphatic rings. The molecule has 1 amide bonds. The van der Waals surface area contributed by atoms with Gasteiger partial charge in [-0.3, -0.25) is 9.59 Å². The first-order chi connectivity index (χ1) is 9.04. The lowest BCUT2D eigenvalue weighted by atomic mass is 10.1. The zero-order valence-electron chi connectivity index (χ0n) is 11.6. The van der Waals surface area contributed by atoms with Crippen LogP contribution in [0.15, 0.2) is 18.3 Å². The second-order valence-corrected chi connectivity index (χ2v) is 4.83. The Bertz CT molecular complexity index is 426. The molecule has 5 heteroatoms. The van der Waals surface area contributed by atoms with E-state index in [1.54, 1.807) is 6.07 Å². The molecule has 1 aromatic rings. The van der Waals surface area contributed by atoms with Gasteiger partial charge in [-0.25, -0.2) is 0 Å². The molecule has 0 aromatic carbocycles. The molecule has 0 aliphatic carbocycles. The van der Waals surface area contributed by atoms with Crippen LogP contribution >= 0.6 is 0 Å². The van der Waals surface area contributed by atoms with E-state index in [4.69, 9.17) is 5.11 Å². The summed E-state index contributed by atoms with van der Waals surface area (Å²) >= 11 is 0. The van der Waals surface area contributed by atoms with Crippen molar-refractivity contribution in [1.29, 1.82) is 0 Å². The molecular weight excluding hydrogens is 244 g/mol. The Labute approximate surface area is 113 Å². The number of hydrogen-bond acceptors (Lipinski definition) is 2. The minimum Gasteiger partial charge on any atom is -0.481 e. The largest absolute Gasteiger partial charge is 0.481 e. The minimum atomic E-state index is -0.796. The fraction of sp³-hybridized carbons (Fsp3) is 0.571. The minimum absolute atomic E-state index is 0.0966. The second kappa shape index (κ2) is 7.61. The topological polar surface area (TPSA) is 71.3 Å². The van der Waals surface area contributed by atoms with E-state index in [1.807, 2.05) is 23.8 Å². The molecule has 1 rings (SSSR count). The highest BCUT2D eigenvalue weighted by atomic mass is 16.4. The van der Waals surface area contributed by atoms with Crippen LogP contribution in [0, 0.1) is 5.92 Å². The standard InChI is InChI=1S/C14H22N2O3/c1-3-8-16-9-4-5-12(16)14(19)15-10-11(2)6-7-13(17)18/h4-5,9,11H,3,6-8,10H2,1-2H3,(H,15,19)(H,17,18). The van der Waals surface area contributed by atoms with Crippen molar-refractivity contribution in [3.8, 4) is 0 Å². The third kappa shape index (κ3) is 5.16. The van der Waals surface area contributed by atoms with Crippen LogP contribution in [0.1, 0.15) is 43.6 Å². The van der Waals surface area contributed by atoms with Crippen molar-refractivity contribution in [3.63, 3.8) is 0 Å². The molecule has 0 bridgehead atoms. The number of amides is 1. The van der Waals surface area contributed by atoms with Crippen LogP contribution in [-0.2, 0) is 11.3 Å². The number of aliphatic carboxylic acids is 1. The lowest BCUT2D eigenvalue weighted by Crippen LogP contribution is -2.30. The van der Waals surface area contributed by atoms with E-state index >= 15 is 0 Å². The predicted molar refractivity (Wildman–Crippen MR) is 73.1 cm³/mol. The summed E-state index contributed by atoms with van der Waals surface area (Å²) in [4.78, 5) is 22.5. The van der Waals surface area contributed by atoms with Gasteiger partial charge in [0.1, 0.15) is 5.69 Å². The van der Waals surface area contributed by atoms with E-state index < -0.39 is 5.97 Å². The first kappa shape index (κ1) is 15.3. The van der Waals surface area contributed by atoms with Gasteiger partial charge in [0.05, 0.1) is 0 Å². The first-order valence-corrected chi connectivity index (χ1v) is 6.69. The molecule has 0 saturated carbocycles. The molecule has 0 spiro atoms. The Balaban J connectivity index is 2.42. The highest BCUT2D eigenvalue weighted by Crippen LogP contribution is 2.06. The molecule has 1 atom stereocenters. The van der Waals surface area contributed by atoms with Crippen LogP contribution < -0.4 is 5.32 Å². The van der Waals surface area contributed by atoms with Crippen molar-refractivity contribution in [2.75, 3.05) is 6.54 Å². The van der Waals surface area contributed by atoms with Crippen LogP contribution in [0.3, 0.4) is 0 Å². The third-order valence-corrected chi connectivity index (χ3v) is 2.99. The van der Waals surface area contributed by atoms with Crippen LogP contribution in [0.4, 0.5) is 0 Å². The lowest BCUT2D eigenvalue weighted by molar-refractivity contribution is -0.137. The van der Waals surface area contributed by atoms with Gasteiger partial charge in [-0.1, -0.05) is 13.8 Å². The monoisotopic (exact) mass is 266 g/mol. The number of nitrogens with zero attached hydrogens (tertiary/aromatic N) is 1. The Morgan fingerprint density at radius 2 is 2.21 bits per heavy atom. The van der Waals surface area contributed by atoms with Gasteiger partial charge >= 0.3 is 5.97 Å². The molecule has 1 unspecified atom stereocenters. The number of carboxylic acid groups (broad SMARTS) is 1. The maximum atomic E-state index is 12.0. The van der Waals surface area contributed by atoms with Crippen molar-refractivity contribution >= 4 is 11.9 Å². The summed E-state index contributed by atoms with van der Waals surface area (Å²) in [6, 6.07) is 3.66. The average Bonchev–Trinajstić information content (AvgIpc) is 2.82. The predicted octanol–water partition coefficient (Wildman–Crippen LogP) is 2.13. The number of nitrogens with one attached hydrogen (secondary N) is 1. The molecule has 19 heavy (non-hydrogen) atoms.